The average Bonchev–Trinajstić information content (AvgIpc) is 3.08. The normalized spacial score (nSPS) is 14.8. The minimum atomic E-state index is -0.604. The smallest absolute Gasteiger partial charge is 0.296 e. The molecular weight excluding hydrogens is 308 g/mol. The topological polar surface area (TPSA) is 49.4 Å². The van der Waals surface area contributed by atoms with Gasteiger partial charge in [0.15, 0.2) is 0 Å². The first-order valence-corrected chi connectivity index (χ1v) is 7.70. The molecule has 0 saturated carbocycles. The lowest BCUT2D eigenvalue weighted by molar-refractivity contribution is -0.112. The van der Waals surface area contributed by atoms with Gasteiger partial charge in [-0.05, 0) is 30.5 Å². The van der Waals surface area contributed by atoms with E-state index in [-0.39, 0.29) is 6.04 Å². The number of amides is 1. The van der Waals surface area contributed by atoms with Crippen LogP contribution in [0.4, 0.5) is 11.4 Å². The summed E-state index contributed by atoms with van der Waals surface area (Å²) >= 11 is 7.97. The van der Waals surface area contributed by atoms with Gasteiger partial charge in [0.05, 0.1) is 28.0 Å². The van der Waals surface area contributed by atoms with Gasteiger partial charge in [-0.2, -0.15) is 0 Å². The zero-order valence-electron chi connectivity index (χ0n) is 11.5. The number of carbonyl (C=O) groups excluding carboxylic acids is 2. The van der Waals surface area contributed by atoms with Gasteiger partial charge in [0.2, 0.25) is 0 Å². The maximum absolute atomic E-state index is 11.7. The third-order valence-corrected chi connectivity index (χ3v) is 5.05. The van der Waals surface area contributed by atoms with E-state index in [1.54, 1.807) is 23.5 Å². The van der Waals surface area contributed by atoms with Crippen molar-refractivity contribution in [2.75, 3.05) is 17.3 Å². The van der Waals surface area contributed by atoms with E-state index in [1.165, 1.54) is 4.88 Å². The van der Waals surface area contributed by atoms with Crippen molar-refractivity contribution in [3.05, 3.63) is 45.1 Å². The molecule has 21 heavy (non-hydrogen) atoms. The number of rotatable bonds is 3. The molecule has 1 atom stereocenters. The van der Waals surface area contributed by atoms with Crippen LogP contribution in [-0.4, -0.2) is 18.7 Å². The summed E-state index contributed by atoms with van der Waals surface area (Å²) in [4.78, 5) is 26.3. The number of anilines is 2. The number of Topliss-reactive ketones (excluding diaryl/α,β-unsaturated/α-hetero) is 1. The first-order valence-electron chi connectivity index (χ1n) is 6.44. The zero-order chi connectivity index (χ0) is 15.1. The quantitative estimate of drug-likeness (QED) is 0.877. The molecule has 2 heterocycles. The van der Waals surface area contributed by atoms with Crippen molar-refractivity contribution >= 4 is 46.0 Å². The standard InChI is InChI=1S/C15H13ClN2O2S/c1-8(13-4-3-5-21-13)18(2)12-7-11-9(6-10(12)16)14(19)15(20)17-11/h3-8H,1-2H3,(H,17,19,20). The number of nitrogens with zero attached hydrogens (tertiary/aromatic N) is 1. The summed E-state index contributed by atoms with van der Waals surface area (Å²) in [5, 5.41) is 5.07. The first kappa shape index (κ1) is 14.1. The van der Waals surface area contributed by atoms with Gasteiger partial charge in [0, 0.05) is 11.9 Å². The van der Waals surface area contributed by atoms with Crippen molar-refractivity contribution in [3.8, 4) is 0 Å². The highest BCUT2D eigenvalue weighted by Gasteiger charge is 2.30. The third kappa shape index (κ3) is 2.32. The van der Waals surface area contributed by atoms with E-state index in [0.717, 1.165) is 5.69 Å². The van der Waals surface area contributed by atoms with Crippen LogP contribution >= 0.6 is 22.9 Å². The van der Waals surface area contributed by atoms with E-state index >= 15 is 0 Å². The van der Waals surface area contributed by atoms with Gasteiger partial charge < -0.3 is 10.2 Å². The van der Waals surface area contributed by atoms with Crippen molar-refractivity contribution in [1.82, 2.24) is 0 Å². The van der Waals surface area contributed by atoms with Crippen LogP contribution in [0.1, 0.15) is 28.2 Å². The highest BCUT2D eigenvalue weighted by molar-refractivity contribution is 7.10. The summed E-state index contributed by atoms with van der Waals surface area (Å²) in [7, 11) is 1.94. The minimum absolute atomic E-state index is 0.147. The van der Waals surface area contributed by atoms with Crippen molar-refractivity contribution in [2.24, 2.45) is 0 Å². The molecule has 0 radical (unpaired) electrons. The Morgan fingerprint density at radius 1 is 1.33 bits per heavy atom. The van der Waals surface area contributed by atoms with Crippen LogP contribution in [0.25, 0.3) is 0 Å². The van der Waals surface area contributed by atoms with Crippen LogP contribution in [0.5, 0.6) is 0 Å². The molecule has 0 bridgehead atoms. The SMILES string of the molecule is CC(c1cccs1)N(C)c1cc2c(cc1Cl)C(=O)C(=O)N2. The van der Waals surface area contributed by atoms with Crippen molar-refractivity contribution in [2.45, 2.75) is 13.0 Å². The number of carbonyl (C=O) groups is 2. The lowest BCUT2D eigenvalue weighted by Gasteiger charge is -2.27. The Morgan fingerprint density at radius 3 is 2.76 bits per heavy atom. The van der Waals surface area contributed by atoms with Gasteiger partial charge in [0.1, 0.15) is 0 Å². The van der Waals surface area contributed by atoms with Crippen LogP contribution in [0, 0.1) is 0 Å². The Bertz CT molecular complexity index is 728. The Kier molecular flexibility index (Phi) is 3.47. The van der Waals surface area contributed by atoms with Gasteiger partial charge in [-0.3, -0.25) is 9.59 Å². The van der Waals surface area contributed by atoms with Crippen molar-refractivity contribution < 1.29 is 9.59 Å². The molecule has 6 heteroatoms. The van der Waals surface area contributed by atoms with E-state index in [0.29, 0.717) is 16.3 Å². The number of nitrogens with one attached hydrogen (secondary N) is 1. The second kappa shape index (κ2) is 5.16. The summed E-state index contributed by atoms with van der Waals surface area (Å²) in [5.74, 6) is -1.14. The molecular formula is C15H13ClN2O2S. The van der Waals surface area contributed by atoms with Crippen LogP contribution in [0.3, 0.4) is 0 Å². The maximum Gasteiger partial charge on any atom is 0.296 e. The fraction of sp³-hybridized carbons (Fsp3) is 0.200. The molecule has 1 aliphatic heterocycles. The molecule has 0 saturated heterocycles. The number of benzene rings is 1. The number of fused-ring (bicyclic) bond motifs is 1. The largest absolute Gasteiger partial charge is 0.366 e. The molecule has 0 spiro atoms. The third-order valence-electron chi connectivity index (χ3n) is 3.70. The van der Waals surface area contributed by atoms with Crippen molar-refractivity contribution in [3.63, 3.8) is 0 Å². The molecule has 108 valence electrons. The van der Waals surface area contributed by atoms with Gasteiger partial charge in [0.25, 0.3) is 11.7 Å². The van der Waals surface area contributed by atoms with E-state index in [1.807, 2.05) is 23.4 Å². The zero-order valence-corrected chi connectivity index (χ0v) is 13.1. The Morgan fingerprint density at radius 2 is 2.10 bits per heavy atom. The predicted molar refractivity (Wildman–Crippen MR) is 85.5 cm³/mol. The molecule has 1 aromatic carbocycles. The molecule has 2 aromatic rings. The predicted octanol–water partition coefficient (Wildman–Crippen LogP) is 3.73. The van der Waals surface area contributed by atoms with Gasteiger partial charge in [-0.1, -0.05) is 17.7 Å². The number of hydrogen-bond acceptors (Lipinski definition) is 4. The number of ketones is 1. The van der Waals surface area contributed by atoms with Crippen molar-refractivity contribution in [1.29, 1.82) is 0 Å². The molecule has 1 N–H and O–H groups in total. The van der Waals surface area contributed by atoms with E-state index < -0.39 is 11.7 Å². The maximum atomic E-state index is 11.7. The van der Waals surface area contributed by atoms with E-state index in [2.05, 4.69) is 18.3 Å². The molecule has 0 fully saturated rings. The number of thiophene rings is 1. The van der Waals surface area contributed by atoms with Crippen LogP contribution in [-0.2, 0) is 4.79 Å². The number of halogens is 1. The van der Waals surface area contributed by atoms with E-state index in [9.17, 15) is 9.59 Å². The Balaban J connectivity index is 1.98. The van der Waals surface area contributed by atoms with Crippen LogP contribution in [0.15, 0.2) is 29.6 Å². The Hall–Kier alpha value is -1.85. The number of hydrogen-bond donors (Lipinski definition) is 1. The van der Waals surface area contributed by atoms with Gasteiger partial charge >= 0.3 is 0 Å². The average molecular weight is 321 g/mol. The molecule has 1 amide bonds. The van der Waals surface area contributed by atoms with Gasteiger partial charge in [-0.25, -0.2) is 0 Å². The van der Waals surface area contributed by atoms with Crippen LogP contribution < -0.4 is 10.2 Å². The monoisotopic (exact) mass is 320 g/mol. The van der Waals surface area contributed by atoms with Crippen LogP contribution in [0.2, 0.25) is 5.02 Å². The molecule has 0 aliphatic carbocycles. The molecule has 1 aliphatic rings. The molecule has 1 aromatic heterocycles. The lowest BCUT2D eigenvalue weighted by atomic mass is 10.1. The van der Waals surface area contributed by atoms with Gasteiger partial charge in [-0.15, -0.1) is 11.3 Å². The Labute approximate surface area is 131 Å². The lowest BCUT2D eigenvalue weighted by Crippen LogP contribution is -2.21. The summed E-state index contributed by atoms with van der Waals surface area (Å²) < 4.78 is 0. The fourth-order valence-corrected chi connectivity index (χ4v) is 3.48. The second-order valence-corrected chi connectivity index (χ2v) is 6.32. The molecule has 1 unspecified atom stereocenters. The fourth-order valence-electron chi connectivity index (χ4n) is 2.35. The second-order valence-electron chi connectivity index (χ2n) is 4.93. The minimum Gasteiger partial charge on any atom is -0.366 e. The highest BCUT2D eigenvalue weighted by Crippen LogP contribution is 2.38. The summed E-state index contributed by atoms with van der Waals surface area (Å²) in [6.45, 7) is 2.08. The highest BCUT2D eigenvalue weighted by atomic mass is 35.5. The van der Waals surface area contributed by atoms with E-state index in [4.69, 9.17) is 11.6 Å². The summed E-state index contributed by atoms with van der Waals surface area (Å²) in [6.07, 6.45) is 0. The first-order chi connectivity index (χ1) is 9.99. The summed E-state index contributed by atoms with van der Waals surface area (Å²) in [6, 6.07) is 7.54. The molecule has 3 rings (SSSR count). The molecule has 4 nitrogen and oxygen atoms in total. The summed E-state index contributed by atoms with van der Waals surface area (Å²) in [5.41, 5.74) is 1.65.